The maximum Gasteiger partial charge on any atom is 0.238 e. The number of hydrogen-bond acceptors (Lipinski definition) is 4. The number of carbonyl (C=O) groups is 1. The molecule has 1 aliphatic carbocycles. The average Bonchev–Trinajstić information content (AvgIpc) is 3.17. The minimum atomic E-state index is -3.76. The first-order chi connectivity index (χ1) is 11.3. The average molecular weight is 348 g/mol. The van der Waals surface area contributed by atoms with Gasteiger partial charge in [-0.25, -0.2) is 13.6 Å². The molecule has 0 radical (unpaired) electrons. The normalized spacial score (nSPS) is 21.3. The zero-order chi connectivity index (χ0) is 17.5. The SMILES string of the molecule is C[C@H](c1cccc(S(N)(=O)=O)c1)N(C)C(=O)[C@H]1C[C@@H]1c1ccco1. The number of carbonyl (C=O) groups excluding carboxylic acids is 1. The van der Waals surface area contributed by atoms with E-state index in [-0.39, 0.29) is 28.7 Å². The van der Waals surface area contributed by atoms with Gasteiger partial charge in [0.1, 0.15) is 5.76 Å². The number of nitrogens with two attached hydrogens (primary N) is 1. The highest BCUT2D eigenvalue weighted by Crippen LogP contribution is 2.49. The Kier molecular flexibility index (Phi) is 4.23. The second-order valence-corrected chi connectivity index (χ2v) is 7.77. The highest BCUT2D eigenvalue weighted by atomic mass is 32.2. The molecule has 1 aliphatic rings. The molecule has 24 heavy (non-hydrogen) atoms. The van der Waals surface area contributed by atoms with Gasteiger partial charge in [-0.1, -0.05) is 12.1 Å². The molecule has 1 aromatic carbocycles. The molecular formula is C17H20N2O4S. The summed E-state index contributed by atoms with van der Waals surface area (Å²) in [4.78, 5) is 14.3. The number of hydrogen-bond donors (Lipinski definition) is 1. The van der Waals surface area contributed by atoms with E-state index in [0.29, 0.717) is 0 Å². The lowest BCUT2D eigenvalue weighted by Crippen LogP contribution is -2.31. The van der Waals surface area contributed by atoms with Gasteiger partial charge in [0.15, 0.2) is 0 Å². The van der Waals surface area contributed by atoms with Crippen LogP contribution in [0.4, 0.5) is 0 Å². The van der Waals surface area contributed by atoms with E-state index in [2.05, 4.69) is 0 Å². The molecule has 2 aromatic rings. The van der Waals surface area contributed by atoms with E-state index in [1.54, 1.807) is 30.3 Å². The smallest absolute Gasteiger partial charge is 0.238 e. The van der Waals surface area contributed by atoms with Crippen LogP contribution in [0.3, 0.4) is 0 Å². The standard InChI is InChI=1S/C17H20N2O4S/c1-11(12-5-3-6-13(9-12)24(18,21)22)19(2)17(20)15-10-14(15)16-7-4-8-23-16/h3-9,11,14-15H,10H2,1-2H3,(H2,18,21,22)/t11-,14+,15+/m1/s1. The number of nitrogens with zero attached hydrogens (tertiary/aromatic N) is 1. The Morgan fingerprint density at radius 1 is 1.33 bits per heavy atom. The summed E-state index contributed by atoms with van der Waals surface area (Å²) in [5, 5.41) is 5.17. The maximum atomic E-state index is 12.6. The fourth-order valence-corrected chi connectivity index (χ4v) is 3.48. The Balaban J connectivity index is 1.73. The van der Waals surface area contributed by atoms with Gasteiger partial charge < -0.3 is 9.32 Å². The van der Waals surface area contributed by atoms with Crippen LogP contribution in [0.1, 0.15) is 36.6 Å². The number of rotatable bonds is 5. The predicted molar refractivity (Wildman–Crippen MR) is 88.6 cm³/mol. The maximum absolute atomic E-state index is 12.6. The van der Waals surface area contributed by atoms with Gasteiger partial charge in [0, 0.05) is 18.9 Å². The monoisotopic (exact) mass is 348 g/mol. The van der Waals surface area contributed by atoms with Crippen molar-refractivity contribution in [3.63, 3.8) is 0 Å². The van der Waals surface area contributed by atoms with Crippen molar-refractivity contribution in [2.24, 2.45) is 11.1 Å². The molecule has 0 spiro atoms. The first kappa shape index (κ1) is 16.7. The molecule has 6 nitrogen and oxygen atoms in total. The minimum absolute atomic E-state index is 0.0323. The van der Waals surface area contributed by atoms with Crippen LogP contribution in [0.2, 0.25) is 0 Å². The Bertz CT molecular complexity index is 845. The van der Waals surface area contributed by atoms with Crippen molar-refractivity contribution in [2.75, 3.05) is 7.05 Å². The second kappa shape index (κ2) is 6.07. The molecule has 1 fully saturated rings. The summed E-state index contributed by atoms with van der Waals surface area (Å²) >= 11 is 0. The number of furan rings is 1. The zero-order valence-electron chi connectivity index (χ0n) is 13.5. The number of sulfonamides is 1. The molecular weight excluding hydrogens is 328 g/mol. The lowest BCUT2D eigenvalue weighted by Gasteiger charge is -2.26. The van der Waals surface area contributed by atoms with E-state index < -0.39 is 10.0 Å². The highest BCUT2D eigenvalue weighted by molar-refractivity contribution is 7.89. The summed E-state index contributed by atoms with van der Waals surface area (Å²) in [7, 11) is -2.03. The van der Waals surface area contributed by atoms with Gasteiger partial charge >= 0.3 is 0 Å². The van der Waals surface area contributed by atoms with Crippen LogP contribution in [-0.2, 0) is 14.8 Å². The number of amides is 1. The van der Waals surface area contributed by atoms with Crippen molar-refractivity contribution in [3.05, 3.63) is 54.0 Å². The molecule has 2 N–H and O–H groups in total. The van der Waals surface area contributed by atoms with Crippen molar-refractivity contribution in [1.82, 2.24) is 4.90 Å². The van der Waals surface area contributed by atoms with Crippen LogP contribution < -0.4 is 5.14 Å². The Morgan fingerprint density at radius 3 is 2.71 bits per heavy atom. The van der Waals surface area contributed by atoms with Gasteiger partial charge in [0.25, 0.3) is 0 Å². The molecule has 1 heterocycles. The minimum Gasteiger partial charge on any atom is -0.469 e. The summed E-state index contributed by atoms with van der Waals surface area (Å²) in [6.07, 6.45) is 2.39. The van der Waals surface area contributed by atoms with Crippen molar-refractivity contribution in [1.29, 1.82) is 0 Å². The van der Waals surface area contributed by atoms with E-state index in [1.807, 2.05) is 19.1 Å². The second-order valence-electron chi connectivity index (χ2n) is 6.21. The summed E-state index contributed by atoms with van der Waals surface area (Å²) in [6.45, 7) is 1.87. The summed E-state index contributed by atoms with van der Waals surface area (Å²) in [6, 6.07) is 9.84. The molecule has 1 aromatic heterocycles. The fraction of sp³-hybridized carbons (Fsp3) is 0.353. The Labute approximate surface area is 141 Å². The predicted octanol–water partition coefficient (Wildman–Crippen LogP) is 2.25. The molecule has 0 unspecified atom stereocenters. The Hall–Kier alpha value is -2.12. The first-order valence-electron chi connectivity index (χ1n) is 7.72. The van der Waals surface area contributed by atoms with Crippen LogP contribution in [-0.4, -0.2) is 26.3 Å². The van der Waals surface area contributed by atoms with Crippen LogP contribution >= 0.6 is 0 Å². The summed E-state index contributed by atoms with van der Waals surface area (Å²) in [5.74, 6) is 0.929. The largest absolute Gasteiger partial charge is 0.469 e. The van der Waals surface area contributed by atoms with Crippen molar-refractivity contribution >= 4 is 15.9 Å². The van der Waals surface area contributed by atoms with E-state index in [4.69, 9.17) is 9.56 Å². The molecule has 0 saturated heterocycles. The fourth-order valence-electron chi connectivity index (χ4n) is 2.91. The van der Waals surface area contributed by atoms with Gasteiger partial charge in [-0.15, -0.1) is 0 Å². The van der Waals surface area contributed by atoms with E-state index in [1.165, 1.54) is 12.1 Å². The Morgan fingerprint density at radius 2 is 2.08 bits per heavy atom. The van der Waals surface area contributed by atoms with Crippen molar-refractivity contribution in [2.45, 2.75) is 30.2 Å². The van der Waals surface area contributed by atoms with Gasteiger partial charge in [0.05, 0.1) is 17.2 Å². The quantitative estimate of drug-likeness (QED) is 0.897. The lowest BCUT2D eigenvalue weighted by molar-refractivity contribution is -0.133. The number of benzene rings is 1. The molecule has 1 amide bonds. The highest BCUT2D eigenvalue weighted by Gasteiger charge is 2.47. The van der Waals surface area contributed by atoms with Crippen molar-refractivity contribution in [3.8, 4) is 0 Å². The van der Waals surface area contributed by atoms with Crippen LogP contribution in [0, 0.1) is 5.92 Å². The van der Waals surface area contributed by atoms with E-state index in [0.717, 1.165) is 17.7 Å². The zero-order valence-corrected chi connectivity index (χ0v) is 14.4. The molecule has 3 rings (SSSR count). The number of primary sulfonamides is 1. The molecule has 128 valence electrons. The summed E-state index contributed by atoms with van der Waals surface area (Å²) in [5.41, 5.74) is 0.729. The van der Waals surface area contributed by atoms with Crippen LogP contribution in [0.5, 0.6) is 0 Å². The van der Waals surface area contributed by atoms with Gasteiger partial charge in [-0.2, -0.15) is 0 Å². The van der Waals surface area contributed by atoms with E-state index in [9.17, 15) is 13.2 Å². The molecule has 0 bridgehead atoms. The molecule has 7 heteroatoms. The van der Waals surface area contributed by atoms with Crippen LogP contribution in [0.25, 0.3) is 0 Å². The molecule has 1 saturated carbocycles. The third-order valence-corrected chi connectivity index (χ3v) is 5.52. The lowest BCUT2D eigenvalue weighted by atomic mass is 10.1. The first-order valence-corrected chi connectivity index (χ1v) is 9.26. The molecule has 0 aliphatic heterocycles. The van der Waals surface area contributed by atoms with Crippen molar-refractivity contribution < 1.29 is 17.6 Å². The third-order valence-electron chi connectivity index (χ3n) is 4.61. The molecule has 3 atom stereocenters. The van der Waals surface area contributed by atoms with Gasteiger partial charge in [0.2, 0.25) is 15.9 Å². The van der Waals surface area contributed by atoms with E-state index >= 15 is 0 Å². The van der Waals surface area contributed by atoms with Crippen LogP contribution in [0.15, 0.2) is 52.0 Å². The third kappa shape index (κ3) is 3.22. The summed E-state index contributed by atoms with van der Waals surface area (Å²) < 4.78 is 28.3. The van der Waals surface area contributed by atoms with Gasteiger partial charge in [-0.05, 0) is 43.2 Å². The van der Waals surface area contributed by atoms with Gasteiger partial charge in [-0.3, -0.25) is 4.79 Å². The topological polar surface area (TPSA) is 93.6 Å².